The Labute approximate surface area is 79.7 Å². The van der Waals surface area contributed by atoms with Crippen LogP contribution in [0.15, 0.2) is 0 Å². The number of carbonyl (C=O) groups excluding carboxylic acids is 1. The lowest BCUT2D eigenvalue weighted by Crippen LogP contribution is -2.61. The molecule has 0 aliphatic carbocycles. The largest absolute Gasteiger partial charge is 0.394 e. The number of nitrogens with two attached hydrogens (primary N) is 1. The number of carbonyl (C=O) groups is 1. The van der Waals surface area contributed by atoms with Crippen molar-refractivity contribution in [1.82, 2.24) is 0 Å². The minimum absolute atomic E-state index is 0.575. The van der Waals surface area contributed by atoms with Gasteiger partial charge in [0.25, 0.3) is 0 Å². The van der Waals surface area contributed by atoms with E-state index in [9.17, 15) is 20.1 Å². The fraction of sp³-hybridized carbons (Fsp3) is 0.857. The Morgan fingerprint density at radius 3 is 2.21 bits per heavy atom. The molecule has 0 saturated carbocycles. The highest BCUT2D eigenvalue weighted by molar-refractivity contribution is 5.79. The molecule has 14 heavy (non-hydrogen) atoms. The predicted molar refractivity (Wildman–Crippen MR) is 43.0 cm³/mol. The standard InChI is InChI=1S/C7H13NO6/c8-7(13)6-5(12)4(11)3(10)2(1-9)14-6/h2-6,9-12H,1H2,(H2,8,13)/t2?,3?,4?,5?,6-/m0/s1. The average molecular weight is 207 g/mol. The molecule has 1 heterocycles. The Hall–Kier alpha value is -0.730. The quantitative estimate of drug-likeness (QED) is 0.316. The van der Waals surface area contributed by atoms with Crippen LogP contribution in [0.2, 0.25) is 0 Å². The molecule has 1 rings (SSSR count). The van der Waals surface area contributed by atoms with E-state index in [4.69, 9.17) is 15.6 Å². The van der Waals surface area contributed by atoms with Gasteiger partial charge in [0, 0.05) is 0 Å². The van der Waals surface area contributed by atoms with Crippen molar-refractivity contribution >= 4 is 5.91 Å². The summed E-state index contributed by atoms with van der Waals surface area (Å²) in [5.41, 5.74) is 4.88. The van der Waals surface area contributed by atoms with E-state index in [-0.39, 0.29) is 0 Å². The molecule has 5 atom stereocenters. The number of aliphatic hydroxyl groups is 4. The summed E-state index contributed by atoms with van der Waals surface area (Å²) in [6.45, 7) is -0.575. The Morgan fingerprint density at radius 1 is 1.21 bits per heavy atom. The fourth-order valence-electron chi connectivity index (χ4n) is 1.34. The first-order valence-corrected chi connectivity index (χ1v) is 4.09. The summed E-state index contributed by atoms with van der Waals surface area (Å²) in [5, 5.41) is 36.5. The van der Waals surface area contributed by atoms with Crippen molar-refractivity contribution < 1.29 is 30.0 Å². The minimum atomic E-state index is -1.58. The highest BCUT2D eigenvalue weighted by Crippen LogP contribution is 2.20. The number of aliphatic hydroxyl groups excluding tert-OH is 4. The molecule has 1 amide bonds. The molecule has 0 aromatic heterocycles. The van der Waals surface area contributed by atoms with Crippen LogP contribution in [0, 0.1) is 0 Å². The normalized spacial score (nSPS) is 43.6. The number of hydrogen-bond donors (Lipinski definition) is 5. The predicted octanol–water partition coefficient (Wildman–Crippen LogP) is -3.69. The number of hydrogen-bond acceptors (Lipinski definition) is 6. The second kappa shape index (κ2) is 4.20. The van der Waals surface area contributed by atoms with Gasteiger partial charge in [-0.05, 0) is 0 Å². The van der Waals surface area contributed by atoms with Crippen molar-refractivity contribution in [1.29, 1.82) is 0 Å². The van der Waals surface area contributed by atoms with Gasteiger partial charge in [-0.1, -0.05) is 0 Å². The molecule has 1 aliphatic rings. The highest BCUT2D eigenvalue weighted by atomic mass is 16.5. The summed E-state index contributed by atoms with van der Waals surface area (Å²) in [4.78, 5) is 10.7. The van der Waals surface area contributed by atoms with E-state index in [1.807, 2.05) is 0 Å². The molecule has 6 N–H and O–H groups in total. The third kappa shape index (κ3) is 1.86. The van der Waals surface area contributed by atoms with Crippen LogP contribution in [-0.4, -0.2) is 63.5 Å². The summed E-state index contributed by atoms with van der Waals surface area (Å²) in [5.74, 6) is -0.957. The van der Waals surface area contributed by atoms with Gasteiger partial charge in [-0.25, -0.2) is 0 Å². The van der Waals surface area contributed by atoms with Crippen LogP contribution in [0.4, 0.5) is 0 Å². The Morgan fingerprint density at radius 2 is 1.79 bits per heavy atom. The third-order valence-electron chi connectivity index (χ3n) is 2.17. The van der Waals surface area contributed by atoms with Crippen molar-refractivity contribution in [3.63, 3.8) is 0 Å². The van der Waals surface area contributed by atoms with Gasteiger partial charge in [0.05, 0.1) is 6.61 Å². The first kappa shape index (κ1) is 11.3. The van der Waals surface area contributed by atoms with E-state index in [0.717, 1.165) is 0 Å². The zero-order chi connectivity index (χ0) is 10.9. The lowest BCUT2D eigenvalue weighted by Gasteiger charge is -2.38. The van der Waals surface area contributed by atoms with E-state index in [2.05, 4.69) is 0 Å². The minimum Gasteiger partial charge on any atom is -0.394 e. The highest BCUT2D eigenvalue weighted by Gasteiger charge is 2.45. The van der Waals surface area contributed by atoms with Gasteiger partial charge in [0.15, 0.2) is 6.10 Å². The van der Waals surface area contributed by atoms with Crippen molar-refractivity contribution in [2.45, 2.75) is 30.5 Å². The van der Waals surface area contributed by atoms with Crippen LogP contribution in [-0.2, 0) is 9.53 Å². The van der Waals surface area contributed by atoms with Crippen molar-refractivity contribution in [3.8, 4) is 0 Å². The van der Waals surface area contributed by atoms with E-state index >= 15 is 0 Å². The maximum Gasteiger partial charge on any atom is 0.249 e. The number of amides is 1. The number of primary amides is 1. The van der Waals surface area contributed by atoms with Gasteiger partial charge in [0.2, 0.25) is 5.91 Å². The molecule has 7 nitrogen and oxygen atoms in total. The van der Waals surface area contributed by atoms with E-state index in [0.29, 0.717) is 0 Å². The van der Waals surface area contributed by atoms with Crippen LogP contribution >= 0.6 is 0 Å². The summed E-state index contributed by atoms with van der Waals surface area (Å²) in [6, 6.07) is 0. The summed E-state index contributed by atoms with van der Waals surface area (Å²) in [7, 11) is 0. The lowest BCUT2D eigenvalue weighted by atomic mass is 9.95. The zero-order valence-corrected chi connectivity index (χ0v) is 7.28. The van der Waals surface area contributed by atoms with Gasteiger partial charge >= 0.3 is 0 Å². The number of ether oxygens (including phenoxy) is 1. The maximum atomic E-state index is 10.7. The van der Waals surface area contributed by atoms with Crippen LogP contribution in [0.3, 0.4) is 0 Å². The molecule has 0 aromatic carbocycles. The van der Waals surface area contributed by atoms with Gasteiger partial charge < -0.3 is 30.9 Å². The first-order chi connectivity index (χ1) is 6.49. The third-order valence-corrected chi connectivity index (χ3v) is 2.17. The molecule has 7 heteroatoms. The van der Waals surface area contributed by atoms with Crippen molar-refractivity contribution in [3.05, 3.63) is 0 Å². The van der Waals surface area contributed by atoms with Crippen LogP contribution in [0.1, 0.15) is 0 Å². The summed E-state index contributed by atoms with van der Waals surface area (Å²) >= 11 is 0. The first-order valence-electron chi connectivity index (χ1n) is 4.09. The maximum absolute atomic E-state index is 10.7. The van der Waals surface area contributed by atoms with Crippen LogP contribution < -0.4 is 5.73 Å². The Kier molecular flexibility index (Phi) is 3.40. The van der Waals surface area contributed by atoms with Gasteiger partial charge in [0.1, 0.15) is 24.4 Å². The molecule has 1 saturated heterocycles. The second-order valence-corrected chi connectivity index (χ2v) is 3.15. The molecular formula is C7H13NO6. The molecule has 82 valence electrons. The fourth-order valence-corrected chi connectivity index (χ4v) is 1.34. The van der Waals surface area contributed by atoms with E-state index in [1.165, 1.54) is 0 Å². The van der Waals surface area contributed by atoms with E-state index < -0.39 is 43.0 Å². The average Bonchev–Trinajstić information content (AvgIpc) is 2.14. The second-order valence-electron chi connectivity index (χ2n) is 3.15. The number of rotatable bonds is 2. The topological polar surface area (TPSA) is 133 Å². The van der Waals surface area contributed by atoms with Crippen molar-refractivity contribution in [2.24, 2.45) is 5.73 Å². The molecule has 0 spiro atoms. The summed E-state index contributed by atoms with van der Waals surface area (Å²) in [6.07, 6.45) is -7.11. The molecule has 0 bridgehead atoms. The Bertz CT molecular complexity index is 220. The Balaban J connectivity index is 2.78. The lowest BCUT2D eigenvalue weighted by molar-refractivity contribution is -0.225. The smallest absolute Gasteiger partial charge is 0.249 e. The summed E-state index contributed by atoms with van der Waals surface area (Å²) < 4.78 is 4.81. The zero-order valence-electron chi connectivity index (χ0n) is 7.28. The molecule has 4 unspecified atom stereocenters. The molecule has 1 aliphatic heterocycles. The monoisotopic (exact) mass is 207 g/mol. The van der Waals surface area contributed by atoms with Gasteiger partial charge in [-0.2, -0.15) is 0 Å². The van der Waals surface area contributed by atoms with Crippen LogP contribution in [0.5, 0.6) is 0 Å². The van der Waals surface area contributed by atoms with Gasteiger partial charge in [-0.3, -0.25) is 4.79 Å². The molecule has 0 radical (unpaired) electrons. The molecule has 1 fully saturated rings. The van der Waals surface area contributed by atoms with Gasteiger partial charge in [-0.15, -0.1) is 0 Å². The van der Waals surface area contributed by atoms with Crippen molar-refractivity contribution in [2.75, 3.05) is 6.61 Å². The molecular weight excluding hydrogens is 194 g/mol. The SMILES string of the molecule is NC(=O)[C@H]1OC(CO)C(O)C(O)C1O. The molecule has 0 aromatic rings. The van der Waals surface area contributed by atoms with E-state index in [1.54, 1.807) is 0 Å². The van der Waals surface area contributed by atoms with Crippen LogP contribution in [0.25, 0.3) is 0 Å².